The van der Waals surface area contributed by atoms with E-state index in [0.29, 0.717) is 48.1 Å². The number of aromatic hydroxyl groups is 1. The van der Waals surface area contributed by atoms with E-state index in [1.165, 1.54) is 24.3 Å². The maximum atomic E-state index is 17.8. The molecule has 5 heterocycles. The Labute approximate surface area is 317 Å². The van der Waals surface area contributed by atoms with Crippen molar-refractivity contribution in [2.45, 2.75) is 51.1 Å². The molecule has 8 rings (SSSR count). The van der Waals surface area contributed by atoms with Gasteiger partial charge in [-0.25, -0.2) is 17.6 Å². The number of hydrogen-bond donors (Lipinski definition) is 1. The number of aryl methyl sites for hydroxylation is 1. The highest BCUT2D eigenvalue weighted by Gasteiger charge is 2.45. The summed E-state index contributed by atoms with van der Waals surface area (Å²) in [5.41, 5.74) is -0.693. The topological polar surface area (TPSA) is 92.0 Å². The Balaban J connectivity index is 1.34. The Morgan fingerprint density at radius 1 is 1.05 bits per heavy atom. The Morgan fingerprint density at radius 3 is 2.53 bits per heavy atom. The molecule has 0 saturated carbocycles. The highest BCUT2D eigenvalue weighted by molar-refractivity contribution is 6.18. The molecule has 1 N–H and O–H groups in total. The van der Waals surface area contributed by atoms with Gasteiger partial charge in [0.2, 0.25) is 6.43 Å². The van der Waals surface area contributed by atoms with Crippen LogP contribution in [0.25, 0.3) is 43.7 Å². The number of piperidine rings is 1. The summed E-state index contributed by atoms with van der Waals surface area (Å²) in [4.78, 5) is 16.4. The van der Waals surface area contributed by atoms with Crippen LogP contribution in [0.5, 0.6) is 11.8 Å². The van der Waals surface area contributed by atoms with Crippen molar-refractivity contribution >= 4 is 38.4 Å². The van der Waals surface area contributed by atoms with Crippen molar-refractivity contribution in [1.82, 2.24) is 29.5 Å². The Morgan fingerprint density at radius 2 is 1.82 bits per heavy atom. The van der Waals surface area contributed by atoms with Crippen LogP contribution in [0.15, 0.2) is 30.5 Å². The van der Waals surface area contributed by atoms with E-state index in [4.69, 9.17) is 31.0 Å². The fraction of sp³-hybridized carbons (Fsp3) is 0.488. The van der Waals surface area contributed by atoms with Gasteiger partial charge < -0.3 is 24.4 Å². The number of phenolic OH excluding ortho intramolecular Hbond substituents is 1. The Bertz CT molecular complexity index is 2320. The summed E-state index contributed by atoms with van der Waals surface area (Å²) in [7, 11) is 5.32. The number of benzene rings is 3. The van der Waals surface area contributed by atoms with E-state index in [9.17, 15) is 13.9 Å². The molecule has 3 fully saturated rings. The molecule has 0 unspecified atom stereocenters. The molecule has 2 aromatic heterocycles. The lowest BCUT2D eigenvalue weighted by Gasteiger charge is -2.44. The zero-order valence-electron chi connectivity index (χ0n) is 31.5. The first-order chi connectivity index (χ1) is 26.4. The van der Waals surface area contributed by atoms with Crippen molar-refractivity contribution in [3.63, 3.8) is 0 Å². The average Bonchev–Trinajstić information content (AvgIpc) is 3.65. The van der Waals surface area contributed by atoms with Crippen molar-refractivity contribution in [1.29, 1.82) is 0 Å². The number of rotatable bonds is 10. The molecule has 0 spiro atoms. The van der Waals surface area contributed by atoms with E-state index in [1.807, 2.05) is 11.9 Å². The molecule has 0 radical (unpaired) electrons. The third-order valence-corrected chi connectivity index (χ3v) is 11.9. The van der Waals surface area contributed by atoms with Crippen molar-refractivity contribution in [3.8, 4) is 35.2 Å². The number of anilines is 1. The third-order valence-electron chi connectivity index (χ3n) is 11.9. The maximum Gasteiger partial charge on any atom is 0.319 e. The molecule has 3 aliphatic rings. The van der Waals surface area contributed by atoms with Gasteiger partial charge in [-0.1, -0.05) is 18.9 Å². The smallest absolute Gasteiger partial charge is 0.319 e. The van der Waals surface area contributed by atoms with Crippen molar-refractivity contribution in [3.05, 3.63) is 47.7 Å². The second kappa shape index (κ2) is 14.4. The average molecular weight is 760 g/mol. The Kier molecular flexibility index (Phi) is 9.76. The van der Waals surface area contributed by atoms with Gasteiger partial charge in [0.05, 0.1) is 17.6 Å². The number of hydrogen-bond acceptors (Lipinski definition) is 9. The third kappa shape index (κ3) is 6.49. The predicted octanol–water partition coefficient (Wildman–Crippen LogP) is 6.59. The molecule has 3 aromatic carbocycles. The molecule has 4 atom stereocenters. The van der Waals surface area contributed by atoms with Crippen LogP contribution in [0.1, 0.15) is 38.2 Å². The van der Waals surface area contributed by atoms with Gasteiger partial charge in [0.25, 0.3) is 0 Å². The van der Waals surface area contributed by atoms with Crippen LogP contribution in [-0.2, 0) is 11.8 Å². The molecule has 3 aliphatic heterocycles. The normalized spacial score (nSPS) is 23.4. The number of likely N-dealkylation sites (tertiary alicyclic amines) is 2. The van der Waals surface area contributed by atoms with E-state index in [0.717, 1.165) is 38.9 Å². The van der Waals surface area contributed by atoms with Gasteiger partial charge in [-0.15, -0.1) is 6.42 Å². The molecule has 0 amide bonds. The number of piperazine rings is 1. The van der Waals surface area contributed by atoms with Crippen LogP contribution in [0.3, 0.4) is 0 Å². The number of ether oxygens (including phenoxy) is 2. The highest BCUT2D eigenvalue weighted by Crippen LogP contribution is 2.47. The lowest BCUT2D eigenvalue weighted by atomic mass is 9.73. The molecular weight excluding hydrogens is 714 g/mol. The van der Waals surface area contributed by atoms with E-state index >= 15 is 8.78 Å². The molecule has 0 aliphatic carbocycles. The summed E-state index contributed by atoms with van der Waals surface area (Å²) in [6.07, 6.45) is 8.07. The van der Waals surface area contributed by atoms with E-state index < -0.39 is 29.4 Å². The molecule has 290 valence electrons. The van der Waals surface area contributed by atoms with Crippen LogP contribution in [0, 0.1) is 35.3 Å². The summed E-state index contributed by atoms with van der Waals surface area (Å²) >= 11 is 0. The minimum absolute atomic E-state index is 0.0220. The summed E-state index contributed by atoms with van der Waals surface area (Å²) < 4.78 is 75.0. The quantitative estimate of drug-likeness (QED) is 0.0963. The van der Waals surface area contributed by atoms with Crippen LogP contribution in [0.2, 0.25) is 0 Å². The highest BCUT2D eigenvalue weighted by atomic mass is 19.3. The van der Waals surface area contributed by atoms with Gasteiger partial charge in [-0.05, 0) is 68.4 Å². The van der Waals surface area contributed by atoms with E-state index in [-0.39, 0.29) is 63.6 Å². The number of halogens is 4. The minimum Gasteiger partial charge on any atom is -0.508 e. The molecule has 3 saturated heterocycles. The van der Waals surface area contributed by atoms with Crippen LogP contribution < -0.4 is 9.64 Å². The van der Waals surface area contributed by atoms with Crippen molar-refractivity contribution in [2.24, 2.45) is 18.4 Å². The van der Waals surface area contributed by atoms with Gasteiger partial charge in [-0.3, -0.25) is 9.58 Å². The number of methoxy groups -OCH3 is 1. The van der Waals surface area contributed by atoms with Crippen LogP contribution in [-0.4, -0.2) is 113 Å². The van der Waals surface area contributed by atoms with Crippen molar-refractivity contribution < 1.29 is 32.1 Å². The van der Waals surface area contributed by atoms with E-state index in [2.05, 4.69) is 15.7 Å². The summed E-state index contributed by atoms with van der Waals surface area (Å²) in [6, 6.07) is 5.49. The molecule has 14 heteroatoms. The number of phenols is 1. The van der Waals surface area contributed by atoms with Gasteiger partial charge in [0.1, 0.15) is 28.4 Å². The van der Waals surface area contributed by atoms with Crippen molar-refractivity contribution in [2.75, 3.05) is 65.0 Å². The molecule has 55 heavy (non-hydrogen) atoms. The zero-order valence-corrected chi connectivity index (χ0v) is 31.5. The monoisotopic (exact) mass is 759 g/mol. The first kappa shape index (κ1) is 37.2. The largest absolute Gasteiger partial charge is 0.508 e. The number of alkyl halides is 2. The second-order valence-electron chi connectivity index (χ2n) is 15.8. The fourth-order valence-electron chi connectivity index (χ4n) is 9.46. The van der Waals surface area contributed by atoms with Gasteiger partial charge in [0.15, 0.2) is 5.82 Å². The predicted molar refractivity (Wildman–Crippen MR) is 204 cm³/mol. The van der Waals surface area contributed by atoms with Crippen LogP contribution in [0.4, 0.5) is 23.4 Å². The Hall–Kier alpha value is -4.71. The van der Waals surface area contributed by atoms with Crippen LogP contribution >= 0.6 is 0 Å². The van der Waals surface area contributed by atoms with Gasteiger partial charge in [0, 0.05) is 92.9 Å². The lowest BCUT2D eigenvalue weighted by Crippen LogP contribution is -2.54. The first-order valence-electron chi connectivity index (χ1n) is 18.8. The second-order valence-corrected chi connectivity index (χ2v) is 15.8. The first-order valence-corrected chi connectivity index (χ1v) is 18.8. The standard InChI is InChI=1S/C41H45F4N7O3/c1-6-27-31(42)11-8-23-16-26(53)17-28(32(23)27)33-35(43)37-34(29-20-50(4)48-36(29)33)39(52-24-9-10-25(52)19-51(18-24)13-7-15-54-5)47-40(46-37)55-22-41(2)21-49(3)14-12-30(41)38(44)45/h1,8,11,16-17,20,24-25,30,38,53H,7,9-10,12-15,18-19,21-22H2,2-5H3/t24-,25+,30-,41+/m0/s1. The number of aromatic nitrogens is 4. The summed E-state index contributed by atoms with van der Waals surface area (Å²) in [5, 5.41) is 17.2. The van der Waals surface area contributed by atoms with Gasteiger partial charge >= 0.3 is 6.01 Å². The SMILES string of the molecule is C#Cc1c(F)ccc2cc(O)cc(-c3c(F)c4nc(OC[C@@]5(C)CN(C)CC[C@H]5C(F)F)nc(N5[C@@H]6CC[C@H]5CN(CCCOC)C6)c4c4cn(C)nc34)c12. The fourth-order valence-corrected chi connectivity index (χ4v) is 9.46. The number of fused-ring (bicyclic) bond motifs is 6. The summed E-state index contributed by atoms with van der Waals surface area (Å²) in [5.74, 6) is 0.371. The van der Waals surface area contributed by atoms with Gasteiger partial charge in [-0.2, -0.15) is 15.1 Å². The lowest BCUT2D eigenvalue weighted by molar-refractivity contribution is -0.0679. The maximum absolute atomic E-state index is 17.8. The molecule has 5 aromatic rings. The number of nitrogens with zero attached hydrogens (tertiary/aromatic N) is 7. The molecular formula is C41H45F4N7O3. The molecule has 10 nitrogen and oxygen atoms in total. The van der Waals surface area contributed by atoms with E-state index in [1.54, 1.807) is 32.0 Å². The molecule has 2 bridgehead atoms. The number of terminal acetylenes is 1. The zero-order chi connectivity index (χ0) is 38.8. The summed E-state index contributed by atoms with van der Waals surface area (Å²) in [6.45, 7) is 5.70. The minimum atomic E-state index is -2.54.